The van der Waals surface area contributed by atoms with E-state index in [9.17, 15) is 9.59 Å². The van der Waals surface area contributed by atoms with E-state index in [4.69, 9.17) is 11.6 Å². The van der Waals surface area contributed by atoms with Crippen LogP contribution in [0.2, 0.25) is 5.02 Å². The van der Waals surface area contributed by atoms with Crippen molar-refractivity contribution in [1.29, 1.82) is 0 Å². The van der Waals surface area contributed by atoms with E-state index in [1.807, 2.05) is 25.1 Å². The van der Waals surface area contributed by atoms with E-state index in [2.05, 4.69) is 15.6 Å². The van der Waals surface area contributed by atoms with E-state index in [1.54, 1.807) is 31.3 Å². The number of halogens is 1. The third-order valence-electron chi connectivity index (χ3n) is 3.14. The Labute approximate surface area is 150 Å². The molecule has 0 saturated carbocycles. The van der Waals surface area contributed by atoms with E-state index in [-0.39, 0.29) is 17.1 Å². The Morgan fingerprint density at radius 3 is 2.67 bits per heavy atom. The number of rotatable bonds is 6. The van der Waals surface area contributed by atoms with Crippen molar-refractivity contribution in [1.82, 2.24) is 4.98 Å². The van der Waals surface area contributed by atoms with E-state index in [1.165, 1.54) is 11.8 Å². The highest BCUT2D eigenvalue weighted by molar-refractivity contribution is 8.00. The second-order valence-electron chi connectivity index (χ2n) is 5.01. The maximum Gasteiger partial charge on any atom is 0.237 e. The van der Waals surface area contributed by atoms with Crippen LogP contribution in [0.15, 0.2) is 47.6 Å². The van der Waals surface area contributed by atoms with E-state index < -0.39 is 0 Å². The van der Waals surface area contributed by atoms with Gasteiger partial charge in [-0.05, 0) is 37.3 Å². The predicted molar refractivity (Wildman–Crippen MR) is 98.6 cm³/mol. The normalized spacial score (nSPS) is 11.6. The summed E-state index contributed by atoms with van der Waals surface area (Å²) in [6, 6.07) is 10.5. The van der Waals surface area contributed by atoms with Crippen molar-refractivity contribution in [3.05, 3.63) is 47.6 Å². The molecule has 0 saturated heterocycles. The molecular formula is C17H18ClN3O2S. The van der Waals surface area contributed by atoms with Gasteiger partial charge in [0.2, 0.25) is 11.8 Å². The molecule has 2 N–H and O–H groups in total. The Hall–Kier alpha value is -2.05. The number of carbonyl (C=O) groups excluding carboxylic acids is 2. The zero-order chi connectivity index (χ0) is 17.5. The molecule has 7 heteroatoms. The average molecular weight is 364 g/mol. The molecule has 2 rings (SSSR count). The van der Waals surface area contributed by atoms with Gasteiger partial charge in [-0.25, -0.2) is 4.98 Å². The minimum atomic E-state index is -0.307. The number of nitrogens with one attached hydrogen (secondary N) is 2. The second kappa shape index (κ2) is 8.70. The number of benzene rings is 1. The Bertz CT molecular complexity index is 725. The number of hydrogen-bond donors (Lipinski definition) is 2. The summed E-state index contributed by atoms with van der Waals surface area (Å²) in [4.78, 5) is 27.9. The lowest BCUT2D eigenvalue weighted by Crippen LogP contribution is -2.22. The number of hydrogen-bond acceptors (Lipinski definition) is 4. The highest BCUT2D eigenvalue weighted by Crippen LogP contribution is 2.27. The Kier molecular flexibility index (Phi) is 6.63. The molecule has 0 aliphatic carbocycles. The van der Waals surface area contributed by atoms with Crippen LogP contribution in [0.3, 0.4) is 0 Å². The minimum absolute atomic E-state index is 0.117. The summed E-state index contributed by atoms with van der Waals surface area (Å²) in [5.41, 5.74) is 1.10. The van der Waals surface area contributed by atoms with E-state index in [0.29, 0.717) is 22.8 Å². The summed E-state index contributed by atoms with van der Waals surface area (Å²) in [6.45, 7) is 3.57. The molecule has 0 aliphatic rings. The summed E-state index contributed by atoms with van der Waals surface area (Å²) in [6.07, 6.45) is 2.06. The number of pyridine rings is 1. The molecule has 0 unspecified atom stereocenters. The molecule has 24 heavy (non-hydrogen) atoms. The predicted octanol–water partition coefficient (Wildman–Crippen LogP) is 4.20. The van der Waals surface area contributed by atoms with Crippen molar-refractivity contribution in [2.45, 2.75) is 30.5 Å². The number of thioether (sulfide) groups is 1. The van der Waals surface area contributed by atoms with Gasteiger partial charge in [0.05, 0.1) is 21.0 Å². The number of amides is 2. The first-order valence-corrected chi connectivity index (χ1v) is 8.73. The fraction of sp³-hybridized carbons (Fsp3) is 0.235. The van der Waals surface area contributed by atoms with E-state index >= 15 is 0 Å². The molecule has 5 nitrogen and oxygen atoms in total. The van der Waals surface area contributed by atoms with E-state index in [0.717, 1.165) is 5.03 Å². The molecule has 1 aromatic heterocycles. The van der Waals surface area contributed by atoms with Crippen LogP contribution in [0, 0.1) is 0 Å². The molecule has 126 valence electrons. The second-order valence-corrected chi connectivity index (χ2v) is 6.78. The maximum absolute atomic E-state index is 12.3. The van der Waals surface area contributed by atoms with Gasteiger partial charge in [0.15, 0.2) is 0 Å². The highest BCUT2D eigenvalue weighted by Gasteiger charge is 2.15. The fourth-order valence-electron chi connectivity index (χ4n) is 1.83. The summed E-state index contributed by atoms with van der Waals surface area (Å²) in [5, 5.41) is 6.37. The number of aromatic nitrogens is 1. The van der Waals surface area contributed by atoms with Gasteiger partial charge < -0.3 is 10.6 Å². The van der Waals surface area contributed by atoms with Gasteiger partial charge in [0.1, 0.15) is 0 Å². The van der Waals surface area contributed by atoms with Gasteiger partial charge in [-0.15, -0.1) is 0 Å². The van der Waals surface area contributed by atoms with Crippen molar-refractivity contribution in [3.8, 4) is 0 Å². The van der Waals surface area contributed by atoms with Crippen LogP contribution in [0.25, 0.3) is 0 Å². The number of anilines is 2. The molecule has 1 aromatic carbocycles. The zero-order valence-electron chi connectivity index (χ0n) is 13.4. The van der Waals surface area contributed by atoms with Crippen LogP contribution >= 0.6 is 23.4 Å². The van der Waals surface area contributed by atoms with Crippen molar-refractivity contribution in [2.75, 3.05) is 10.6 Å². The summed E-state index contributed by atoms with van der Waals surface area (Å²) in [5.74, 6) is -0.263. The Balaban J connectivity index is 1.98. The molecule has 0 spiro atoms. The van der Waals surface area contributed by atoms with Crippen molar-refractivity contribution in [2.24, 2.45) is 0 Å². The van der Waals surface area contributed by atoms with Crippen LogP contribution in [-0.4, -0.2) is 22.0 Å². The largest absolute Gasteiger partial charge is 0.325 e. The molecule has 0 fully saturated rings. The topological polar surface area (TPSA) is 71.1 Å². The third-order valence-corrected chi connectivity index (χ3v) is 4.50. The maximum atomic E-state index is 12.3. The van der Waals surface area contributed by atoms with Crippen LogP contribution in [-0.2, 0) is 9.59 Å². The first-order chi connectivity index (χ1) is 11.5. The lowest BCUT2D eigenvalue weighted by molar-refractivity contribution is -0.116. The lowest BCUT2D eigenvalue weighted by atomic mass is 10.2. The highest BCUT2D eigenvalue weighted by atomic mass is 35.5. The smallest absolute Gasteiger partial charge is 0.237 e. The third kappa shape index (κ3) is 5.25. The standard InChI is InChI=1S/C17H18ClN3O2S/c1-3-15(22)21-14-8-7-12(10-13(14)18)20-17(23)11(2)24-16-6-4-5-9-19-16/h4-11H,3H2,1-2H3,(H,20,23)(H,21,22)/t11-/m0/s1. The van der Waals surface area contributed by atoms with Gasteiger partial charge in [0, 0.05) is 18.3 Å². The van der Waals surface area contributed by atoms with Crippen molar-refractivity contribution >= 4 is 46.6 Å². The van der Waals surface area contributed by atoms with Gasteiger partial charge >= 0.3 is 0 Å². The van der Waals surface area contributed by atoms with Crippen molar-refractivity contribution < 1.29 is 9.59 Å². The lowest BCUT2D eigenvalue weighted by Gasteiger charge is -2.13. The van der Waals surface area contributed by atoms with Crippen molar-refractivity contribution in [3.63, 3.8) is 0 Å². The molecular weight excluding hydrogens is 346 g/mol. The molecule has 2 amide bonds. The fourth-order valence-corrected chi connectivity index (χ4v) is 2.86. The molecule has 0 bridgehead atoms. The first-order valence-electron chi connectivity index (χ1n) is 7.47. The average Bonchev–Trinajstić information content (AvgIpc) is 2.58. The zero-order valence-corrected chi connectivity index (χ0v) is 14.9. The van der Waals surface area contributed by atoms with Crippen LogP contribution in [0.1, 0.15) is 20.3 Å². The summed E-state index contributed by atoms with van der Waals surface area (Å²) < 4.78 is 0. The van der Waals surface area contributed by atoms with Gasteiger partial charge in [-0.2, -0.15) is 0 Å². The SMILES string of the molecule is CCC(=O)Nc1ccc(NC(=O)[C@H](C)Sc2ccccn2)cc1Cl. The molecule has 1 heterocycles. The quantitative estimate of drug-likeness (QED) is 0.754. The summed E-state index contributed by atoms with van der Waals surface area (Å²) in [7, 11) is 0. The Morgan fingerprint density at radius 2 is 2.04 bits per heavy atom. The molecule has 0 radical (unpaired) electrons. The Morgan fingerprint density at radius 1 is 1.25 bits per heavy atom. The van der Waals surface area contributed by atoms with Crippen LogP contribution < -0.4 is 10.6 Å². The first kappa shape index (κ1) is 18.3. The molecule has 2 aromatic rings. The molecule has 1 atom stereocenters. The number of carbonyl (C=O) groups is 2. The summed E-state index contributed by atoms with van der Waals surface area (Å²) >= 11 is 7.52. The monoisotopic (exact) mass is 363 g/mol. The molecule has 0 aliphatic heterocycles. The van der Waals surface area contributed by atoms with Gasteiger partial charge in [0.25, 0.3) is 0 Å². The van der Waals surface area contributed by atoms with Crippen LogP contribution in [0.5, 0.6) is 0 Å². The number of nitrogens with zero attached hydrogens (tertiary/aromatic N) is 1. The van der Waals surface area contributed by atoms with Gasteiger partial charge in [-0.1, -0.05) is 36.4 Å². The van der Waals surface area contributed by atoms with Gasteiger partial charge in [-0.3, -0.25) is 9.59 Å². The minimum Gasteiger partial charge on any atom is -0.325 e. The van der Waals surface area contributed by atoms with Crippen LogP contribution in [0.4, 0.5) is 11.4 Å².